The van der Waals surface area contributed by atoms with Crippen LogP contribution in [0.4, 0.5) is 5.00 Å². The summed E-state index contributed by atoms with van der Waals surface area (Å²) in [7, 11) is 0. The van der Waals surface area contributed by atoms with Gasteiger partial charge in [0, 0.05) is 4.88 Å². The van der Waals surface area contributed by atoms with Crippen molar-refractivity contribution in [3.63, 3.8) is 0 Å². The fourth-order valence-corrected chi connectivity index (χ4v) is 4.72. The van der Waals surface area contributed by atoms with Gasteiger partial charge in [0.25, 0.3) is 5.91 Å². The Labute approximate surface area is 140 Å². The van der Waals surface area contributed by atoms with Gasteiger partial charge in [-0.25, -0.2) is 0 Å². The molecular formula is C19H20N2OS. The van der Waals surface area contributed by atoms with Gasteiger partial charge in [0.15, 0.2) is 0 Å². The first-order chi connectivity index (χ1) is 11.2. The third kappa shape index (κ3) is 2.68. The summed E-state index contributed by atoms with van der Waals surface area (Å²) in [6.45, 7) is 2.06. The zero-order valence-corrected chi connectivity index (χ0v) is 14.0. The van der Waals surface area contributed by atoms with Gasteiger partial charge < -0.3 is 10.6 Å². The summed E-state index contributed by atoms with van der Waals surface area (Å²) < 4.78 is 0. The normalized spacial score (nSPS) is 20.3. The van der Waals surface area contributed by atoms with Gasteiger partial charge in [0.2, 0.25) is 0 Å². The minimum absolute atomic E-state index is 0.0731. The smallest absolute Gasteiger partial charge is 0.256 e. The quantitative estimate of drug-likeness (QED) is 0.869. The van der Waals surface area contributed by atoms with Crippen LogP contribution in [0.25, 0.3) is 6.08 Å². The van der Waals surface area contributed by atoms with Crippen molar-refractivity contribution >= 4 is 28.3 Å². The molecule has 2 heterocycles. The van der Waals surface area contributed by atoms with Crippen molar-refractivity contribution in [1.29, 1.82) is 0 Å². The number of hydrogen-bond acceptors (Lipinski definition) is 3. The van der Waals surface area contributed by atoms with E-state index in [1.54, 1.807) is 11.3 Å². The number of amides is 1. The number of carbonyl (C=O) groups is 1. The lowest BCUT2D eigenvalue weighted by Gasteiger charge is -2.27. The van der Waals surface area contributed by atoms with Gasteiger partial charge in [0.05, 0.1) is 5.56 Å². The maximum Gasteiger partial charge on any atom is 0.256 e. The molecule has 4 heteroatoms. The second kappa shape index (κ2) is 5.85. The van der Waals surface area contributed by atoms with Gasteiger partial charge in [-0.2, -0.15) is 0 Å². The molecule has 2 aromatic rings. The molecule has 1 unspecified atom stereocenters. The van der Waals surface area contributed by atoms with Gasteiger partial charge in [-0.3, -0.25) is 4.79 Å². The molecule has 0 saturated carbocycles. The molecule has 23 heavy (non-hydrogen) atoms. The van der Waals surface area contributed by atoms with E-state index in [0.29, 0.717) is 0 Å². The van der Waals surface area contributed by atoms with Crippen molar-refractivity contribution in [2.24, 2.45) is 0 Å². The van der Waals surface area contributed by atoms with Crippen LogP contribution in [0.2, 0.25) is 0 Å². The van der Waals surface area contributed by atoms with Crippen molar-refractivity contribution in [1.82, 2.24) is 5.32 Å². The zero-order chi connectivity index (χ0) is 15.8. The highest BCUT2D eigenvalue weighted by Crippen LogP contribution is 2.40. The minimum atomic E-state index is -0.129. The Morgan fingerprint density at radius 3 is 2.78 bits per heavy atom. The van der Waals surface area contributed by atoms with E-state index in [9.17, 15) is 4.79 Å². The zero-order valence-electron chi connectivity index (χ0n) is 13.2. The summed E-state index contributed by atoms with van der Waals surface area (Å²) in [5, 5.41) is 7.69. The first-order valence-electron chi connectivity index (χ1n) is 8.17. The standard InChI is InChI=1S/C19H20N2OS/c1-12(11-13-7-3-2-4-8-13)17-20-18(22)16-14-9-5-6-10-15(14)23-19(16)21-17/h2-4,7-8,11,17,21H,5-6,9-10H2,1H3,(H,20,22). The molecule has 4 rings (SSSR count). The molecule has 3 nitrogen and oxygen atoms in total. The summed E-state index contributed by atoms with van der Waals surface area (Å²) in [5.41, 5.74) is 4.44. The molecular weight excluding hydrogens is 304 g/mol. The third-order valence-electron chi connectivity index (χ3n) is 4.60. The molecule has 0 spiro atoms. The number of rotatable bonds is 2. The number of aryl methyl sites for hydroxylation is 1. The lowest BCUT2D eigenvalue weighted by molar-refractivity contribution is 0.0941. The topological polar surface area (TPSA) is 41.1 Å². The van der Waals surface area contributed by atoms with Crippen LogP contribution >= 0.6 is 11.3 Å². The summed E-state index contributed by atoms with van der Waals surface area (Å²) in [6.07, 6.45) is 6.58. The van der Waals surface area contributed by atoms with E-state index in [0.717, 1.165) is 34.5 Å². The highest BCUT2D eigenvalue weighted by Gasteiger charge is 2.31. The van der Waals surface area contributed by atoms with E-state index in [4.69, 9.17) is 0 Å². The van der Waals surface area contributed by atoms with Gasteiger partial charge >= 0.3 is 0 Å². The minimum Gasteiger partial charge on any atom is -0.353 e. The van der Waals surface area contributed by atoms with E-state index < -0.39 is 0 Å². The first-order valence-corrected chi connectivity index (χ1v) is 8.99. The molecule has 118 valence electrons. The van der Waals surface area contributed by atoms with Crippen LogP contribution in [0.5, 0.6) is 0 Å². The van der Waals surface area contributed by atoms with Gasteiger partial charge in [0.1, 0.15) is 11.2 Å². The molecule has 1 amide bonds. The first kappa shape index (κ1) is 14.5. The van der Waals surface area contributed by atoms with E-state index in [1.807, 2.05) is 18.2 Å². The van der Waals surface area contributed by atoms with Crippen LogP contribution in [0, 0.1) is 0 Å². The largest absolute Gasteiger partial charge is 0.353 e. The maximum absolute atomic E-state index is 12.6. The van der Waals surface area contributed by atoms with Gasteiger partial charge in [-0.15, -0.1) is 11.3 Å². The van der Waals surface area contributed by atoms with Crippen LogP contribution in [-0.2, 0) is 12.8 Å². The van der Waals surface area contributed by atoms with Gasteiger partial charge in [-0.05, 0) is 49.3 Å². The van der Waals surface area contributed by atoms with Crippen molar-refractivity contribution in [2.75, 3.05) is 5.32 Å². The third-order valence-corrected chi connectivity index (χ3v) is 5.82. The van der Waals surface area contributed by atoms with E-state index in [1.165, 1.54) is 23.3 Å². The van der Waals surface area contributed by atoms with E-state index in [2.05, 4.69) is 35.8 Å². The Bertz CT molecular complexity index is 776. The van der Waals surface area contributed by atoms with Crippen molar-refractivity contribution in [3.8, 4) is 0 Å². The Kier molecular flexibility index (Phi) is 3.69. The predicted octanol–water partition coefficient (Wildman–Crippen LogP) is 4.21. The molecule has 1 aromatic heterocycles. The fourth-order valence-electron chi connectivity index (χ4n) is 3.40. The van der Waals surface area contributed by atoms with Crippen molar-refractivity contribution < 1.29 is 4.79 Å². The summed E-state index contributed by atoms with van der Waals surface area (Å²) in [4.78, 5) is 14.0. The number of benzene rings is 1. The summed E-state index contributed by atoms with van der Waals surface area (Å²) >= 11 is 1.77. The molecule has 0 radical (unpaired) electrons. The number of hydrogen-bond donors (Lipinski definition) is 2. The number of thiophene rings is 1. The molecule has 2 N–H and O–H groups in total. The predicted molar refractivity (Wildman–Crippen MR) is 95.9 cm³/mol. The molecule has 0 fully saturated rings. The van der Waals surface area contributed by atoms with Crippen LogP contribution in [0.3, 0.4) is 0 Å². The highest BCUT2D eigenvalue weighted by molar-refractivity contribution is 7.16. The van der Waals surface area contributed by atoms with Crippen LogP contribution in [0.15, 0.2) is 35.9 Å². The maximum atomic E-state index is 12.6. The number of anilines is 1. The Hall–Kier alpha value is -2.07. The molecule has 2 aliphatic rings. The Balaban J connectivity index is 1.63. The SMILES string of the molecule is CC(=Cc1ccccc1)C1NC(=O)c2c(sc3c2CCCC3)N1. The van der Waals surface area contributed by atoms with E-state index in [-0.39, 0.29) is 12.1 Å². The molecule has 0 bridgehead atoms. The average Bonchev–Trinajstić information content (AvgIpc) is 2.94. The van der Waals surface area contributed by atoms with Gasteiger partial charge in [-0.1, -0.05) is 36.4 Å². The van der Waals surface area contributed by atoms with Crippen molar-refractivity contribution in [2.45, 2.75) is 38.8 Å². The van der Waals surface area contributed by atoms with E-state index >= 15 is 0 Å². The summed E-state index contributed by atoms with van der Waals surface area (Å²) in [5.74, 6) is 0.0731. The van der Waals surface area contributed by atoms with Crippen LogP contribution in [-0.4, -0.2) is 12.1 Å². The molecule has 0 saturated heterocycles. The fraction of sp³-hybridized carbons (Fsp3) is 0.316. The molecule has 1 aliphatic heterocycles. The Morgan fingerprint density at radius 1 is 1.17 bits per heavy atom. The average molecular weight is 324 g/mol. The number of fused-ring (bicyclic) bond motifs is 3. The lowest BCUT2D eigenvalue weighted by Crippen LogP contribution is -2.45. The second-order valence-corrected chi connectivity index (χ2v) is 7.37. The number of nitrogens with one attached hydrogen (secondary N) is 2. The lowest BCUT2D eigenvalue weighted by atomic mass is 9.94. The molecule has 1 atom stereocenters. The highest BCUT2D eigenvalue weighted by atomic mass is 32.1. The molecule has 1 aliphatic carbocycles. The number of carbonyl (C=O) groups excluding carboxylic acids is 1. The van der Waals surface area contributed by atoms with Crippen molar-refractivity contribution in [3.05, 3.63) is 57.5 Å². The summed E-state index contributed by atoms with van der Waals surface area (Å²) in [6, 6.07) is 10.2. The molecule has 1 aromatic carbocycles. The van der Waals surface area contributed by atoms with Crippen LogP contribution in [0.1, 0.15) is 46.1 Å². The Morgan fingerprint density at radius 2 is 1.96 bits per heavy atom. The second-order valence-electron chi connectivity index (χ2n) is 6.26. The monoisotopic (exact) mass is 324 g/mol. The van der Waals surface area contributed by atoms with Crippen LogP contribution < -0.4 is 10.6 Å².